The zero-order valence-electron chi connectivity index (χ0n) is 20.1. The van der Waals surface area contributed by atoms with Crippen LogP contribution in [-0.4, -0.2) is 61.1 Å². The summed E-state index contributed by atoms with van der Waals surface area (Å²) in [4.78, 5) is 16.9. The monoisotopic (exact) mass is 480 g/mol. The number of rotatable bonds is 6. The largest absolute Gasteiger partial charge is 0.335 e. The quantitative estimate of drug-likeness (QED) is 0.599. The van der Waals surface area contributed by atoms with Crippen LogP contribution in [0.4, 0.5) is 19.3 Å². The molecule has 1 atom stereocenters. The Morgan fingerprint density at radius 3 is 2.17 bits per heavy atom. The zero-order valence-corrected chi connectivity index (χ0v) is 20.1. The van der Waals surface area contributed by atoms with E-state index in [0.717, 1.165) is 58.5 Å². The summed E-state index contributed by atoms with van der Waals surface area (Å²) >= 11 is 0. The van der Waals surface area contributed by atoms with E-state index in [9.17, 15) is 13.6 Å². The van der Waals surface area contributed by atoms with E-state index in [1.165, 1.54) is 30.5 Å². The lowest BCUT2D eigenvalue weighted by atomic mass is 9.91. The Bertz CT molecular complexity index is 1010. The van der Waals surface area contributed by atoms with E-state index in [4.69, 9.17) is 0 Å². The van der Waals surface area contributed by atoms with Gasteiger partial charge in [0, 0.05) is 31.4 Å². The summed E-state index contributed by atoms with van der Waals surface area (Å²) in [5.74, 6) is 6.77. The lowest BCUT2D eigenvalue weighted by Crippen LogP contribution is -2.46. The Balaban J connectivity index is 1.12. The third-order valence-corrected chi connectivity index (χ3v) is 6.80. The number of nitrogens with zero attached hydrogens (tertiary/aromatic N) is 2. The number of carbonyl (C=O) groups is 1. The number of benzene rings is 2. The van der Waals surface area contributed by atoms with Crippen molar-refractivity contribution in [3.63, 3.8) is 0 Å². The number of urea groups is 1. The van der Waals surface area contributed by atoms with E-state index in [1.807, 2.05) is 12.1 Å². The topological polar surface area (TPSA) is 47.6 Å². The molecule has 0 aliphatic carbocycles. The molecule has 0 saturated carbocycles. The number of likely N-dealkylation sites (tertiary alicyclic amines) is 2. The molecule has 2 fully saturated rings. The van der Waals surface area contributed by atoms with E-state index in [-0.39, 0.29) is 23.7 Å². The van der Waals surface area contributed by atoms with Gasteiger partial charge in [0.05, 0.1) is 13.1 Å². The van der Waals surface area contributed by atoms with Gasteiger partial charge in [-0.3, -0.25) is 9.80 Å². The van der Waals surface area contributed by atoms with Gasteiger partial charge >= 0.3 is 6.03 Å². The molecule has 2 aromatic carbocycles. The fourth-order valence-electron chi connectivity index (χ4n) is 4.87. The maximum absolute atomic E-state index is 13.1. The second-order valence-corrected chi connectivity index (χ2v) is 9.58. The molecule has 2 saturated heterocycles. The standard InChI is InChI=1S/C28H34F2N4O/c29-24-7-5-22(6-8-24)20-23-4-3-17-34(21-23)16-2-1-15-33-18-13-27(14-19-33)32-28(35)31-26-11-9-25(30)10-12-26/h5-12,23,27H,3-4,13-21H2,(H2,31,32,35)/t23-/m0/s1. The number of anilines is 1. The summed E-state index contributed by atoms with van der Waals surface area (Å²) in [7, 11) is 0. The number of hydrogen-bond acceptors (Lipinski definition) is 3. The lowest BCUT2D eigenvalue weighted by molar-refractivity contribution is 0.192. The van der Waals surface area contributed by atoms with Gasteiger partial charge in [-0.2, -0.15) is 0 Å². The highest BCUT2D eigenvalue weighted by Gasteiger charge is 2.21. The van der Waals surface area contributed by atoms with Gasteiger partial charge in [0.1, 0.15) is 11.6 Å². The van der Waals surface area contributed by atoms with Gasteiger partial charge in [-0.15, -0.1) is 0 Å². The molecule has 5 nitrogen and oxygen atoms in total. The van der Waals surface area contributed by atoms with Gasteiger partial charge in [0.15, 0.2) is 0 Å². The summed E-state index contributed by atoms with van der Waals surface area (Å²) in [5, 5.41) is 5.75. The van der Waals surface area contributed by atoms with Gasteiger partial charge < -0.3 is 10.6 Å². The van der Waals surface area contributed by atoms with Gasteiger partial charge in [0.2, 0.25) is 0 Å². The van der Waals surface area contributed by atoms with Crippen LogP contribution in [-0.2, 0) is 6.42 Å². The zero-order chi connectivity index (χ0) is 24.5. The molecule has 186 valence electrons. The van der Waals surface area contributed by atoms with Crippen molar-refractivity contribution in [1.82, 2.24) is 15.1 Å². The van der Waals surface area contributed by atoms with E-state index in [1.54, 1.807) is 24.3 Å². The maximum Gasteiger partial charge on any atom is 0.319 e. The van der Waals surface area contributed by atoms with Crippen molar-refractivity contribution in [2.45, 2.75) is 38.1 Å². The molecule has 4 rings (SSSR count). The first-order valence-corrected chi connectivity index (χ1v) is 12.5. The third-order valence-electron chi connectivity index (χ3n) is 6.80. The second-order valence-electron chi connectivity index (χ2n) is 9.58. The van der Waals surface area contributed by atoms with Gasteiger partial charge in [-0.05, 0) is 86.5 Å². The van der Waals surface area contributed by atoms with Crippen molar-refractivity contribution in [3.8, 4) is 11.8 Å². The molecule has 2 aliphatic heterocycles. The molecule has 0 aromatic heterocycles. The minimum absolute atomic E-state index is 0.131. The van der Waals surface area contributed by atoms with Crippen LogP contribution in [0.2, 0.25) is 0 Å². The lowest BCUT2D eigenvalue weighted by Gasteiger charge is -2.32. The maximum atomic E-state index is 13.1. The van der Waals surface area contributed by atoms with Gasteiger partial charge in [-0.1, -0.05) is 24.0 Å². The molecule has 2 aliphatic rings. The normalized spacial score (nSPS) is 19.5. The molecule has 2 amide bonds. The minimum Gasteiger partial charge on any atom is -0.335 e. The van der Waals surface area contributed by atoms with E-state index < -0.39 is 0 Å². The summed E-state index contributed by atoms with van der Waals surface area (Å²) in [6, 6.07) is 12.5. The number of nitrogens with one attached hydrogen (secondary N) is 2. The van der Waals surface area contributed by atoms with Crippen LogP contribution in [0.1, 0.15) is 31.2 Å². The second kappa shape index (κ2) is 12.7. The third kappa shape index (κ3) is 8.34. The fraction of sp³-hybridized carbons (Fsp3) is 0.464. The molecule has 2 heterocycles. The Morgan fingerprint density at radius 1 is 0.857 bits per heavy atom. The minimum atomic E-state index is -0.326. The highest BCUT2D eigenvalue weighted by Crippen LogP contribution is 2.21. The smallest absolute Gasteiger partial charge is 0.319 e. The van der Waals surface area contributed by atoms with Crippen LogP contribution in [0.3, 0.4) is 0 Å². The first kappa shape index (κ1) is 25.2. The number of hydrogen-bond donors (Lipinski definition) is 2. The molecule has 0 radical (unpaired) electrons. The van der Waals surface area contributed by atoms with Crippen LogP contribution < -0.4 is 10.6 Å². The molecule has 2 N–H and O–H groups in total. The molecule has 2 aromatic rings. The van der Waals surface area contributed by atoms with Crippen LogP contribution >= 0.6 is 0 Å². The number of piperidine rings is 2. The average molecular weight is 481 g/mol. The molecular formula is C28H34F2N4O. The molecule has 0 spiro atoms. The SMILES string of the molecule is O=C(Nc1ccc(F)cc1)NC1CCN(CC#CCN2CCC[C@@H](Cc3ccc(F)cc3)C2)CC1. The predicted molar refractivity (Wildman–Crippen MR) is 135 cm³/mol. The van der Waals surface area contributed by atoms with Crippen LogP contribution in [0.25, 0.3) is 0 Å². The molecule has 0 bridgehead atoms. The highest BCUT2D eigenvalue weighted by atomic mass is 19.1. The van der Waals surface area contributed by atoms with Gasteiger partial charge in [0.25, 0.3) is 0 Å². The van der Waals surface area contributed by atoms with E-state index in [0.29, 0.717) is 11.6 Å². The number of carbonyl (C=O) groups excluding carboxylic acids is 1. The van der Waals surface area contributed by atoms with E-state index in [2.05, 4.69) is 32.3 Å². The summed E-state index contributed by atoms with van der Waals surface area (Å²) in [6.45, 7) is 5.48. The Hall–Kier alpha value is -2.95. The summed E-state index contributed by atoms with van der Waals surface area (Å²) in [5.41, 5.74) is 1.78. The van der Waals surface area contributed by atoms with Crippen molar-refractivity contribution >= 4 is 11.7 Å². The molecule has 0 unspecified atom stereocenters. The Labute approximate surface area is 206 Å². The molecular weight excluding hydrogens is 446 g/mol. The van der Waals surface area contributed by atoms with Crippen molar-refractivity contribution in [2.75, 3.05) is 44.6 Å². The first-order chi connectivity index (χ1) is 17.0. The van der Waals surface area contributed by atoms with Crippen molar-refractivity contribution < 1.29 is 13.6 Å². The van der Waals surface area contributed by atoms with E-state index >= 15 is 0 Å². The fourth-order valence-corrected chi connectivity index (χ4v) is 4.87. The number of halogens is 2. The molecule has 7 heteroatoms. The molecule has 35 heavy (non-hydrogen) atoms. The van der Waals surface area contributed by atoms with Crippen LogP contribution in [0.15, 0.2) is 48.5 Å². The van der Waals surface area contributed by atoms with Crippen molar-refractivity contribution in [2.24, 2.45) is 5.92 Å². The van der Waals surface area contributed by atoms with Crippen molar-refractivity contribution in [3.05, 3.63) is 65.7 Å². The van der Waals surface area contributed by atoms with Crippen molar-refractivity contribution in [1.29, 1.82) is 0 Å². The van der Waals surface area contributed by atoms with Gasteiger partial charge in [-0.25, -0.2) is 13.6 Å². The van der Waals surface area contributed by atoms with Crippen LogP contribution in [0.5, 0.6) is 0 Å². The Morgan fingerprint density at radius 2 is 1.49 bits per heavy atom. The summed E-state index contributed by atoms with van der Waals surface area (Å²) in [6.07, 6.45) is 5.16. The number of amides is 2. The average Bonchev–Trinajstić information content (AvgIpc) is 2.86. The first-order valence-electron chi connectivity index (χ1n) is 12.5. The highest BCUT2D eigenvalue weighted by molar-refractivity contribution is 5.89. The predicted octanol–water partition coefficient (Wildman–Crippen LogP) is 4.51. The van der Waals surface area contributed by atoms with Crippen LogP contribution in [0, 0.1) is 29.4 Å². The Kier molecular flexibility index (Phi) is 9.10. The summed E-state index contributed by atoms with van der Waals surface area (Å²) < 4.78 is 26.1.